The predicted octanol–water partition coefficient (Wildman–Crippen LogP) is 1.46. The molecule has 0 unspecified atom stereocenters. The minimum Gasteiger partial charge on any atom is -0.462 e. The number of aromatic nitrogens is 3. The van der Waals surface area contributed by atoms with E-state index in [0.29, 0.717) is 0 Å². The highest BCUT2D eigenvalue weighted by atomic mass is 16.5. The molecular formula is C16H19N3O4. The molecule has 0 aliphatic rings. The first-order valence-corrected chi connectivity index (χ1v) is 7.35. The molecule has 0 spiro atoms. The third kappa shape index (κ3) is 3.23. The fraction of sp³-hybridized carbons (Fsp3) is 0.375. The summed E-state index contributed by atoms with van der Waals surface area (Å²) in [7, 11) is 0. The van der Waals surface area contributed by atoms with Crippen LogP contribution in [0.1, 0.15) is 42.7 Å². The molecule has 2 aromatic heterocycles. The van der Waals surface area contributed by atoms with Gasteiger partial charge >= 0.3 is 11.7 Å². The zero-order valence-electron chi connectivity index (χ0n) is 13.6. The Bertz CT molecular complexity index is 832. The zero-order chi connectivity index (χ0) is 17.1. The molecule has 0 radical (unpaired) electrons. The summed E-state index contributed by atoms with van der Waals surface area (Å²) in [5.74, 6) is -0.584. The lowest BCUT2D eigenvalue weighted by Crippen LogP contribution is -2.42. The predicted molar refractivity (Wildman–Crippen MR) is 85.2 cm³/mol. The number of rotatable bonds is 4. The van der Waals surface area contributed by atoms with Crippen molar-refractivity contribution in [2.45, 2.75) is 33.7 Å². The molecule has 0 amide bonds. The fourth-order valence-electron chi connectivity index (χ4n) is 2.09. The minimum absolute atomic E-state index is 0.141. The van der Waals surface area contributed by atoms with Gasteiger partial charge in [-0.05, 0) is 39.3 Å². The summed E-state index contributed by atoms with van der Waals surface area (Å²) in [6.07, 6.45) is 2.80. The molecule has 2 aromatic rings. The molecule has 0 N–H and O–H groups in total. The van der Waals surface area contributed by atoms with E-state index in [4.69, 9.17) is 4.74 Å². The van der Waals surface area contributed by atoms with Crippen LogP contribution >= 0.6 is 0 Å². The summed E-state index contributed by atoms with van der Waals surface area (Å²) < 4.78 is 7.11. The monoisotopic (exact) mass is 317 g/mol. The summed E-state index contributed by atoms with van der Waals surface area (Å²) in [6.45, 7) is 7.21. The standard InChI is InChI=1S/C16H19N3O4/c1-5-23-15(21)12-9-18(10(2)3)16(22)19(14(12)20)13-7-6-11(4)8-17-13/h6-10H,5H2,1-4H3. The molecular weight excluding hydrogens is 298 g/mol. The van der Waals surface area contributed by atoms with Crippen LogP contribution in [0.4, 0.5) is 0 Å². The van der Waals surface area contributed by atoms with Crippen molar-refractivity contribution in [2.24, 2.45) is 0 Å². The molecule has 23 heavy (non-hydrogen) atoms. The molecule has 0 saturated carbocycles. The molecule has 2 rings (SSSR count). The Morgan fingerprint density at radius 2 is 2.00 bits per heavy atom. The van der Waals surface area contributed by atoms with E-state index in [1.807, 2.05) is 6.92 Å². The number of esters is 1. The van der Waals surface area contributed by atoms with Crippen LogP contribution < -0.4 is 11.2 Å². The van der Waals surface area contributed by atoms with E-state index in [1.54, 1.807) is 39.1 Å². The van der Waals surface area contributed by atoms with Gasteiger partial charge in [0.2, 0.25) is 0 Å². The van der Waals surface area contributed by atoms with Gasteiger partial charge in [0.15, 0.2) is 0 Å². The SMILES string of the molecule is CCOC(=O)c1cn(C(C)C)c(=O)n(-c2ccc(C)cn2)c1=O. The molecule has 2 heterocycles. The zero-order valence-corrected chi connectivity index (χ0v) is 13.6. The molecule has 7 heteroatoms. The second-order valence-corrected chi connectivity index (χ2v) is 5.38. The van der Waals surface area contributed by atoms with Crippen LogP contribution in [0.2, 0.25) is 0 Å². The van der Waals surface area contributed by atoms with E-state index in [0.717, 1.165) is 10.1 Å². The number of aryl methyl sites for hydroxylation is 1. The van der Waals surface area contributed by atoms with Gasteiger partial charge in [-0.2, -0.15) is 0 Å². The Labute approximate surface area is 133 Å². The number of pyridine rings is 1. The Morgan fingerprint density at radius 1 is 1.30 bits per heavy atom. The molecule has 0 bridgehead atoms. The third-order valence-corrected chi connectivity index (χ3v) is 3.29. The van der Waals surface area contributed by atoms with E-state index in [2.05, 4.69) is 4.98 Å². The highest BCUT2D eigenvalue weighted by molar-refractivity contribution is 5.88. The number of hydrogen-bond acceptors (Lipinski definition) is 5. The summed E-state index contributed by atoms with van der Waals surface area (Å²) in [5.41, 5.74) is -0.578. The first-order valence-electron chi connectivity index (χ1n) is 7.35. The lowest BCUT2D eigenvalue weighted by atomic mass is 10.3. The van der Waals surface area contributed by atoms with E-state index in [9.17, 15) is 14.4 Å². The van der Waals surface area contributed by atoms with Gasteiger partial charge in [-0.1, -0.05) is 6.07 Å². The summed E-state index contributed by atoms with van der Waals surface area (Å²) >= 11 is 0. The number of carbonyl (C=O) groups excluding carboxylic acids is 1. The second kappa shape index (κ2) is 6.60. The van der Waals surface area contributed by atoms with Crippen molar-refractivity contribution in [2.75, 3.05) is 6.61 Å². The van der Waals surface area contributed by atoms with Gasteiger partial charge in [0.25, 0.3) is 5.56 Å². The molecule has 0 atom stereocenters. The van der Waals surface area contributed by atoms with E-state index in [-0.39, 0.29) is 24.0 Å². The molecule has 0 aliphatic heterocycles. The Hall–Kier alpha value is -2.70. The molecule has 0 fully saturated rings. The van der Waals surface area contributed by atoms with Gasteiger partial charge in [0.1, 0.15) is 11.4 Å². The van der Waals surface area contributed by atoms with Crippen molar-refractivity contribution in [1.82, 2.24) is 14.1 Å². The number of carbonyl (C=O) groups is 1. The lowest BCUT2D eigenvalue weighted by molar-refractivity contribution is 0.0522. The topological polar surface area (TPSA) is 83.2 Å². The van der Waals surface area contributed by atoms with Crippen molar-refractivity contribution in [1.29, 1.82) is 0 Å². The Kier molecular flexibility index (Phi) is 4.78. The van der Waals surface area contributed by atoms with Crippen molar-refractivity contribution < 1.29 is 9.53 Å². The highest BCUT2D eigenvalue weighted by Crippen LogP contribution is 2.05. The molecule has 0 aliphatic carbocycles. The summed E-state index contributed by atoms with van der Waals surface area (Å²) in [6, 6.07) is 3.08. The number of ether oxygens (including phenoxy) is 1. The molecule has 122 valence electrons. The van der Waals surface area contributed by atoms with Gasteiger partial charge < -0.3 is 4.74 Å². The third-order valence-electron chi connectivity index (χ3n) is 3.29. The molecule has 0 saturated heterocycles. The van der Waals surface area contributed by atoms with E-state index in [1.165, 1.54) is 10.8 Å². The van der Waals surface area contributed by atoms with Gasteiger partial charge in [0, 0.05) is 18.4 Å². The van der Waals surface area contributed by atoms with Crippen molar-refractivity contribution >= 4 is 5.97 Å². The van der Waals surface area contributed by atoms with Gasteiger partial charge in [0.05, 0.1) is 6.61 Å². The Balaban J connectivity index is 2.79. The van der Waals surface area contributed by atoms with Crippen LogP contribution in [-0.2, 0) is 4.74 Å². The van der Waals surface area contributed by atoms with Crippen molar-refractivity contribution in [3.05, 3.63) is 56.5 Å². The first kappa shape index (κ1) is 16.7. The maximum Gasteiger partial charge on any atom is 0.345 e. The van der Waals surface area contributed by atoms with Crippen LogP contribution in [0.25, 0.3) is 5.82 Å². The van der Waals surface area contributed by atoms with Gasteiger partial charge in [-0.3, -0.25) is 9.36 Å². The highest BCUT2D eigenvalue weighted by Gasteiger charge is 2.20. The fourth-order valence-corrected chi connectivity index (χ4v) is 2.09. The maximum atomic E-state index is 12.6. The molecule has 0 aromatic carbocycles. The number of nitrogens with zero attached hydrogens (tertiary/aromatic N) is 3. The first-order chi connectivity index (χ1) is 10.9. The minimum atomic E-state index is -0.757. The van der Waals surface area contributed by atoms with Gasteiger partial charge in [-0.25, -0.2) is 19.1 Å². The average Bonchev–Trinajstić information content (AvgIpc) is 2.49. The van der Waals surface area contributed by atoms with Crippen LogP contribution in [0, 0.1) is 6.92 Å². The van der Waals surface area contributed by atoms with Crippen molar-refractivity contribution in [3.8, 4) is 5.82 Å². The maximum absolute atomic E-state index is 12.6. The molecule has 7 nitrogen and oxygen atoms in total. The van der Waals surface area contributed by atoms with Crippen molar-refractivity contribution in [3.63, 3.8) is 0 Å². The quantitative estimate of drug-likeness (QED) is 0.797. The van der Waals surface area contributed by atoms with E-state index >= 15 is 0 Å². The van der Waals surface area contributed by atoms with Crippen LogP contribution in [0.5, 0.6) is 0 Å². The second-order valence-electron chi connectivity index (χ2n) is 5.38. The van der Waals surface area contributed by atoms with Crippen LogP contribution in [-0.4, -0.2) is 26.7 Å². The van der Waals surface area contributed by atoms with Crippen LogP contribution in [0.3, 0.4) is 0 Å². The lowest BCUT2D eigenvalue weighted by Gasteiger charge is -2.14. The van der Waals surface area contributed by atoms with Gasteiger partial charge in [-0.15, -0.1) is 0 Å². The summed E-state index contributed by atoms with van der Waals surface area (Å²) in [5, 5.41) is 0. The Morgan fingerprint density at radius 3 is 2.52 bits per heavy atom. The summed E-state index contributed by atoms with van der Waals surface area (Å²) in [4.78, 5) is 41.3. The van der Waals surface area contributed by atoms with E-state index < -0.39 is 17.2 Å². The van der Waals surface area contributed by atoms with Crippen LogP contribution in [0.15, 0.2) is 34.1 Å². The average molecular weight is 317 g/mol. The normalized spacial score (nSPS) is 10.8. The number of hydrogen-bond donors (Lipinski definition) is 0. The smallest absolute Gasteiger partial charge is 0.345 e. The largest absolute Gasteiger partial charge is 0.462 e.